The van der Waals surface area contributed by atoms with Crippen molar-refractivity contribution in [3.8, 4) is 0 Å². The van der Waals surface area contributed by atoms with Crippen LogP contribution in [0.4, 0.5) is 28.9 Å². The molecule has 7 nitrogen and oxygen atoms in total. The van der Waals surface area contributed by atoms with Crippen molar-refractivity contribution < 1.29 is 22.4 Å². The number of hydrogen-bond acceptors (Lipinski definition) is 5. The lowest BCUT2D eigenvalue weighted by atomic mass is 9.97. The Labute approximate surface area is 199 Å². The number of piperazine rings is 1. The maximum absolute atomic E-state index is 15.3. The summed E-state index contributed by atoms with van der Waals surface area (Å²) in [6.45, 7) is 6.21. The van der Waals surface area contributed by atoms with Crippen LogP contribution in [-0.4, -0.2) is 49.2 Å². The smallest absolute Gasteiger partial charge is 0.367 e. The summed E-state index contributed by atoms with van der Waals surface area (Å²) in [4.78, 5) is 28.6. The highest BCUT2D eigenvalue weighted by Gasteiger charge is 2.36. The van der Waals surface area contributed by atoms with E-state index < -0.39 is 34.6 Å². The van der Waals surface area contributed by atoms with Gasteiger partial charge >= 0.3 is 6.18 Å². The lowest BCUT2D eigenvalue weighted by molar-refractivity contribution is -0.138. The molecule has 1 saturated heterocycles. The average Bonchev–Trinajstić information content (AvgIpc) is 2.79. The molecule has 0 spiro atoms. The molecule has 4 rings (SSSR count). The van der Waals surface area contributed by atoms with E-state index in [1.807, 2.05) is 24.8 Å². The number of amides is 1. The van der Waals surface area contributed by atoms with Gasteiger partial charge in [-0.15, -0.1) is 0 Å². The Morgan fingerprint density at radius 2 is 1.86 bits per heavy atom. The fourth-order valence-corrected chi connectivity index (χ4v) is 4.64. The summed E-state index contributed by atoms with van der Waals surface area (Å²) in [5.41, 5.74) is -1.41. The molecule has 0 radical (unpaired) electrons. The number of pyridine rings is 1. The number of carbonyl (C=O) groups excluding carboxylic acids is 1. The van der Waals surface area contributed by atoms with Gasteiger partial charge in [0.2, 0.25) is 5.56 Å². The summed E-state index contributed by atoms with van der Waals surface area (Å²) >= 11 is 0. The van der Waals surface area contributed by atoms with Crippen molar-refractivity contribution in [2.24, 2.45) is 0 Å². The minimum Gasteiger partial charge on any atom is -0.367 e. The van der Waals surface area contributed by atoms with Gasteiger partial charge in [0.1, 0.15) is 5.82 Å². The van der Waals surface area contributed by atoms with Crippen molar-refractivity contribution in [3.63, 3.8) is 0 Å². The molecule has 1 aromatic carbocycles. The number of nitrogens with one attached hydrogen (secondary N) is 4. The minimum absolute atomic E-state index is 0.0770. The van der Waals surface area contributed by atoms with E-state index in [1.54, 1.807) is 0 Å². The van der Waals surface area contributed by atoms with Crippen LogP contribution in [0, 0.1) is 5.82 Å². The topological polar surface area (TPSA) is 89.3 Å². The molecular formula is C24H27F4N5O2. The second kappa shape index (κ2) is 9.82. The maximum atomic E-state index is 15.3. The zero-order valence-corrected chi connectivity index (χ0v) is 19.4. The number of hydrogen-bond donors (Lipinski definition) is 4. The molecule has 2 aliphatic rings. The Kier molecular flexibility index (Phi) is 7.00. The predicted octanol–water partition coefficient (Wildman–Crippen LogP) is 3.35. The number of H-pyrrole nitrogens is 1. The quantitative estimate of drug-likeness (QED) is 0.491. The number of rotatable bonds is 4. The first-order valence-electron chi connectivity index (χ1n) is 11.4. The third-order valence-corrected chi connectivity index (χ3v) is 6.12. The van der Waals surface area contributed by atoms with E-state index in [1.165, 1.54) is 12.1 Å². The van der Waals surface area contributed by atoms with Crippen molar-refractivity contribution in [2.75, 3.05) is 36.4 Å². The summed E-state index contributed by atoms with van der Waals surface area (Å²) in [6.07, 6.45) is -1.73. The minimum atomic E-state index is -4.90. The van der Waals surface area contributed by atoms with E-state index in [9.17, 15) is 22.8 Å². The monoisotopic (exact) mass is 493 g/mol. The van der Waals surface area contributed by atoms with Crippen molar-refractivity contribution in [3.05, 3.63) is 63.3 Å². The Balaban J connectivity index is 1.78. The summed E-state index contributed by atoms with van der Waals surface area (Å²) in [7, 11) is 0. The van der Waals surface area contributed by atoms with Crippen LogP contribution in [-0.2, 0) is 6.18 Å². The first-order chi connectivity index (χ1) is 16.5. The van der Waals surface area contributed by atoms with E-state index in [4.69, 9.17) is 0 Å². The molecule has 1 fully saturated rings. The SMILES string of the molecule is CC1CN(c2cc(F)c(C3=CCNCC3)cc2NC(=O)c2c[nH]c(=O)cc2C(F)(F)F)C[C@@H](C)N1. The highest BCUT2D eigenvalue weighted by molar-refractivity contribution is 6.07. The van der Waals surface area contributed by atoms with Crippen LogP contribution in [0.3, 0.4) is 0 Å². The van der Waals surface area contributed by atoms with Crippen molar-refractivity contribution >= 4 is 22.9 Å². The van der Waals surface area contributed by atoms with E-state index in [0.29, 0.717) is 49.9 Å². The molecule has 2 aromatic rings. The lowest BCUT2D eigenvalue weighted by Crippen LogP contribution is -2.54. The van der Waals surface area contributed by atoms with Crippen molar-refractivity contribution in [2.45, 2.75) is 38.5 Å². The van der Waals surface area contributed by atoms with E-state index in [-0.39, 0.29) is 17.8 Å². The first-order valence-corrected chi connectivity index (χ1v) is 11.4. The Morgan fingerprint density at radius 1 is 1.14 bits per heavy atom. The molecule has 4 N–H and O–H groups in total. The number of benzene rings is 1. The maximum Gasteiger partial charge on any atom is 0.417 e. The Hall–Kier alpha value is -3.18. The van der Waals surface area contributed by atoms with Crippen LogP contribution in [0.2, 0.25) is 0 Å². The number of anilines is 2. The van der Waals surface area contributed by atoms with Gasteiger partial charge < -0.3 is 25.8 Å². The molecule has 1 aromatic heterocycles. The number of aromatic amines is 1. The fourth-order valence-electron chi connectivity index (χ4n) is 4.64. The molecule has 11 heteroatoms. The zero-order chi connectivity index (χ0) is 25.3. The first kappa shape index (κ1) is 24.9. The van der Waals surface area contributed by atoms with Crippen molar-refractivity contribution in [1.82, 2.24) is 15.6 Å². The van der Waals surface area contributed by atoms with Gasteiger partial charge in [0.25, 0.3) is 5.91 Å². The lowest BCUT2D eigenvalue weighted by Gasteiger charge is -2.38. The van der Waals surface area contributed by atoms with Gasteiger partial charge in [0.05, 0.1) is 22.5 Å². The van der Waals surface area contributed by atoms with Gasteiger partial charge in [-0.3, -0.25) is 9.59 Å². The van der Waals surface area contributed by atoms with Gasteiger partial charge in [-0.2, -0.15) is 13.2 Å². The number of carbonyl (C=O) groups is 1. The Bertz CT molecular complexity index is 1200. The van der Waals surface area contributed by atoms with Crippen LogP contribution in [0.5, 0.6) is 0 Å². The number of nitrogens with zero attached hydrogens (tertiary/aromatic N) is 1. The third kappa shape index (κ3) is 5.57. The van der Waals surface area contributed by atoms with Crippen LogP contribution in [0.1, 0.15) is 41.8 Å². The molecule has 0 saturated carbocycles. The number of aromatic nitrogens is 1. The second-order valence-corrected chi connectivity index (χ2v) is 8.98. The largest absolute Gasteiger partial charge is 0.417 e. The molecular weight excluding hydrogens is 466 g/mol. The summed E-state index contributed by atoms with van der Waals surface area (Å²) in [6, 6.07) is 3.32. The van der Waals surface area contributed by atoms with E-state index in [0.717, 1.165) is 11.8 Å². The van der Waals surface area contributed by atoms with Crippen LogP contribution < -0.4 is 26.4 Å². The molecule has 2 atom stereocenters. The zero-order valence-electron chi connectivity index (χ0n) is 19.4. The highest BCUT2D eigenvalue weighted by Crippen LogP contribution is 2.36. The summed E-state index contributed by atoms with van der Waals surface area (Å²) in [5.74, 6) is -1.52. The second-order valence-electron chi connectivity index (χ2n) is 8.98. The molecule has 35 heavy (non-hydrogen) atoms. The fraction of sp³-hybridized carbons (Fsp3) is 0.417. The van der Waals surface area contributed by atoms with Gasteiger partial charge in [-0.1, -0.05) is 6.08 Å². The van der Waals surface area contributed by atoms with Crippen LogP contribution in [0.25, 0.3) is 5.57 Å². The highest BCUT2D eigenvalue weighted by atomic mass is 19.4. The summed E-state index contributed by atoms with van der Waals surface area (Å²) in [5, 5.41) is 9.09. The van der Waals surface area contributed by atoms with Gasteiger partial charge in [0, 0.05) is 49.5 Å². The number of halogens is 4. The standard InChI is InChI=1S/C24H27F4N5O2/c1-13-11-33(12-14(2)31-13)21-9-19(25)16(15-3-5-29-6-4-15)7-20(21)32-23(35)17-10-30-22(34)8-18(17)24(26,27)28/h3,7-10,13-14,29,31H,4-6,11-12H2,1-2H3,(H,30,34)(H,32,35)/t13-,14?/m1/s1. The van der Waals surface area contributed by atoms with Crippen LogP contribution >= 0.6 is 0 Å². The average molecular weight is 494 g/mol. The molecule has 0 bridgehead atoms. The van der Waals surface area contributed by atoms with E-state index in [2.05, 4.69) is 20.9 Å². The predicted molar refractivity (Wildman–Crippen MR) is 126 cm³/mol. The third-order valence-electron chi connectivity index (χ3n) is 6.12. The van der Waals surface area contributed by atoms with Gasteiger partial charge in [-0.25, -0.2) is 4.39 Å². The summed E-state index contributed by atoms with van der Waals surface area (Å²) < 4.78 is 55.9. The number of alkyl halides is 3. The normalized spacial score (nSPS) is 21.0. The van der Waals surface area contributed by atoms with E-state index >= 15 is 4.39 Å². The Morgan fingerprint density at radius 3 is 2.49 bits per heavy atom. The van der Waals surface area contributed by atoms with Crippen LogP contribution in [0.15, 0.2) is 35.3 Å². The van der Waals surface area contributed by atoms with Gasteiger partial charge in [0.15, 0.2) is 0 Å². The molecule has 188 valence electrons. The molecule has 0 aliphatic carbocycles. The van der Waals surface area contributed by atoms with Crippen molar-refractivity contribution in [1.29, 1.82) is 0 Å². The molecule has 2 aliphatic heterocycles. The molecule has 3 heterocycles. The van der Waals surface area contributed by atoms with Gasteiger partial charge in [-0.05, 0) is 44.5 Å². The molecule has 1 amide bonds. The molecule has 1 unspecified atom stereocenters.